The second-order valence-corrected chi connectivity index (χ2v) is 5.37. The van der Waals surface area contributed by atoms with E-state index in [2.05, 4.69) is 13.8 Å². The van der Waals surface area contributed by atoms with Crippen molar-refractivity contribution in [2.75, 3.05) is 0 Å². The molecule has 0 heterocycles. The minimum atomic E-state index is -0.763. The minimum Gasteiger partial charge on any atom is -0.481 e. The van der Waals surface area contributed by atoms with Gasteiger partial charge in [-0.15, -0.1) is 0 Å². The Hall–Kier alpha value is -0.570. The molecule has 0 aromatic carbocycles. The Bertz CT molecular complexity index is 228. The van der Waals surface area contributed by atoms with Crippen LogP contribution in [0.5, 0.6) is 0 Å². The molecule has 0 radical (unpaired) electrons. The third kappa shape index (κ3) is 3.82. The van der Waals surface area contributed by atoms with Crippen LogP contribution in [-0.4, -0.2) is 16.6 Å². The van der Waals surface area contributed by atoms with Gasteiger partial charge < -0.3 is 10.8 Å². The molecular formula is C12H23NO2. The lowest BCUT2D eigenvalue weighted by Gasteiger charge is -2.26. The first-order chi connectivity index (χ1) is 6.93. The van der Waals surface area contributed by atoms with Crippen LogP contribution in [0.15, 0.2) is 0 Å². The van der Waals surface area contributed by atoms with E-state index in [1.54, 1.807) is 0 Å². The summed E-state index contributed by atoms with van der Waals surface area (Å²) in [7, 11) is 0. The quantitative estimate of drug-likeness (QED) is 0.707. The molecule has 3 N–H and O–H groups in total. The third-order valence-electron chi connectivity index (χ3n) is 3.71. The van der Waals surface area contributed by atoms with Crippen LogP contribution in [0.1, 0.15) is 52.4 Å². The fourth-order valence-electron chi connectivity index (χ4n) is 2.60. The summed E-state index contributed by atoms with van der Waals surface area (Å²) in [4.78, 5) is 10.7. The van der Waals surface area contributed by atoms with Gasteiger partial charge in [0.15, 0.2) is 0 Å². The Kier molecular flexibility index (Phi) is 4.14. The maximum atomic E-state index is 10.7. The summed E-state index contributed by atoms with van der Waals surface area (Å²) >= 11 is 0. The number of aliphatic carboxylic acids is 1. The van der Waals surface area contributed by atoms with E-state index in [4.69, 9.17) is 10.8 Å². The van der Waals surface area contributed by atoms with Crippen molar-refractivity contribution in [2.45, 2.75) is 57.9 Å². The van der Waals surface area contributed by atoms with Crippen LogP contribution in [0.25, 0.3) is 0 Å². The van der Waals surface area contributed by atoms with Crippen LogP contribution in [0.3, 0.4) is 0 Å². The number of carboxylic acids is 1. The normalized spacial score (nSPS) is 32.7. The molecule has 2 unspecified atom stereocenters. The molecule has 2 atom stereocenters. The van der Waals surface area contributed by atoms with E-state index in [9.17, 15) is 4.79 Å². The number of nitrogens with two attached hydrogens (primary N) is 1. The molecule has 1 aliphatic rings. The van der Waals surface area contributed by atoms with Crippen molar-refractivity contribution >= 4 is 5.97 Å². The van der Waals surface area contributed by atoms with Crippen molar-refractivity contribution in [3.63, 3.8) is 0 Å². The molecule has 1 saturated carbocycles. The van der Waals surface area contributed by atoms with Gasteiger partial charge >= 0.3 is 5.97 Å². The van der Waals surface area contributed by atoms with E-state index in [-0.39, 0.29) is 6.42 Å². The fraction of sp³-hybridized carbons (Fsp3) is 0.917. The Labute approximate surface area is 92.0 Å². The highest BCUT2D eigenvalue weighted by Gasteiger charge is 2.32. The monoisotopic (exact) mass is 213 g/mol. The van der Waals surface area contributed by atoms with Crippen LogP contribution in [0.4, 0.5) is 0 Å². The van der Waals surface area contributed by atoms with E-state index in [0.717, 1.165) is 31.6 Å². The lowest BCUT2D eigenvalue weighted by atomic mass is 9.85. The first-order valence-electron chi connectivity index (χ1n) is 5.94. The number of carbonyl (C=O) groups is 1. The molecule has 1 rings (SSSR count). The lowest BCUT2D eigenvalue weighted by Crippen LogP contribution is -2.41. The van der Waals surface area contributed by atoms with Crippen LogP contribution in [0.2, 0.25) is 0 Å². The third-order valence-corrected chi connectivity index (χ3v) is 3.71. The molecule has 1 aliphatic carbocycles. The van der Waals surface area contributed by atoms with Gasteiger partial charge in [-0.05, 0) is 31.1 Å². The van der Waals surface area contributed by atoms with Crippen LogP contribution < -0.4 is 5.73 Å². The van der Waals surface area contributed by atoms with Crippen LogP contribution in [0, 0.1) is 11.8 Å². The highest BCUT2D eigenvalue weighted by Crippen LogP contribution is 2.34. The number of hydrogen-bond donors (Lipinski definition) is 2. The molecule has 0 bridgehead atoms. The van der Waals surface area contributed by atoms with Gasteiger partial charge in [0.2, 0.25) is 0 Å². The molecule has 0 aliphatic heterocycles. The van der Waals surface area contributed by atoms with Gasteiger partial charge in [0, 0.05) is 5.54 Å². The standard InChI is InChI=1S/C12H23NO2/c1-9(2)10-4-3-6-12(13,7-5-10)8-11(14)15/h9-10H,3-8,13H2,1-2H3,(H,14,15). The average molecular weight is 213 g/mol. The molecule has 88 valence electrons. The van der Waals surface area contributed by atoms with E-state index < -0.39 is 11.5 Å². The van der Waals surface area contributed by atoms with Gasteiger partial charge in [0.1, 0.15) is 0 Å². The van der Waals surface area contributed by atoms with Gasteiger partial charge in [0.25, 0.3) is 0 Å². The lowest BCUT2D eigenvalue weighted by molar-refractivity contribution is -0.138. The average Bonchev–Trinajstić information content (AvgIpc) is 2.25. The van der Waals surface area contributed by atoms with Crippen molar-refractivity contribution in [1.29, 1.82) is 0 Å². The summed E-state index contributed by atoms with van der Waals surface area (Å²) in [5.41, 5.74) is 5.69. The zero-order valence-electron chi connectivity index (χ0n) is 9.83. The van der Waals surface area contributed by atoms with Gasteiger partial charge in [-0.3, -0.25) is 4.79 Å². The molecule has 0 aromatic heterocycles. The van der Waals surface area contributed by atoms with Crippen LogP contribution in [-0.2, 0) is 4.79 Å². The SMILES string of the molecule is CC(C)C1CCCC(N)(CC(=O)O)CC1. The van der Waals surface area contributed by atoms with Crippen molar-refractivity contribution in [2.24, 2.45) is 17.6 Å². The van der Waals surface area contributed by atoms with Crippen molar-refractivity contribution in [1.82, 2.24) is 0 Å². The Morgan fingerprint density at radius 1 is 1.47 bits per heavy atom. The summed E-state index contributed by atoms with van der Waals surface area (Å²) < 4.78 is 0. The summed E-state index contributed by atoms with van der Waals surface area (Å²) in [5.74, 6) is 0.655. The topological polar surface area (TPSA) is 63.3 Å². The fourth-order valence-corrected chi connectivity index (χ4v) is 2.60. The van der Waals surface area contributed by atoms with E-state index >= 15 is 0 Å². The van der Waals surface area contributed by atoms with Gasteiger partial charge in [-0.25, -0.2) is 0 Å². The minimum absolute atomic E-state index is 0.123. The van der Waals surface area contributed by atoms with Crippen molar-refractivity contribution < 1.29 is 9.90 Å². The van der Waals surface area contributed by atoms with Crippen molar-refractivity contribution in [3.05, 3.63) is 0 Å². The molecule has 1 fully saturated rings. The molecule has 0 aromatic rings. The van der Waals surface area contributed by atoms with Crippen molar-refractivity contribution in [3.8, 4) is 0 Å². The maximum absolute atomic E-state index is 10.7. The number of hydrogen-bond acceptors (Lipinski definition) is 2. The van der Waals surface area contributed by atoms with E-state index in [1.807, 2.05) is 0 Å². The smallest absolute Gasteiger partial charge is 0.305 e. The second-order valence-electron chi connectivity index (χ2n) is 5.37. The summed E-state index contributed by atoms with van der Waals surface area (Å²) in [6.07, 6.45) is 5.22. The highest BCUT2D eigenvalue weighted by atomic mass is 16.4. The molecular weight excluding hydrogens is 190 g/mol. The predicted molar refractivity (Wildman–Crippen MR) is 60.6 cm³/mol. The van der Waals surface area contributed by atoms with Gasteiger partial charge in [0.05, 0.1) is 6.42 Å². The molecule has 3 nitrogen and oxygen atoms in total. The van der Waals surface area contributed by atoms with Crippen LogP contribution >= 0.6 is 0 Å². The summed E-state index contributed by atoms with van der Waals surface area (Å²) in [5, 5.41) is 8.82. The Morgan fingerprint density at radius 3 is 2.67 bits per heavy atom. The number of carboxylic acid groups (broad SMARTS) is 1. The van der Waals surface area contributed by atoms with E-state index in [0.29, 0.717) is 5.92 Å². The highest BCUT2D eigenvalue weighted by molar-refractivity contribution is 5.68. The molecule has 3 heteroatoms. The Balaban J connectivity index is 2.54. The summed E-state index contributed by atoms with van der Waals surface area (Å²) in [6, 6.07) is 0. The first-order valence-corrected chi connectivity index (χ1v) is 5.94. The molecule has 0 saturated heterocycles. The van der Waals surface area contributed by atoms with Gasteiger partial charge in [-0.2, -0.15) is 0 Å². The number of rotatable bonds is 3. The zero-order valence-corrected chi connectivity index (χ0v) is 9.83. The van der Waals surface area contributed by atoms with E-state index in [1.165, 1.54) is 6.42 Å². The predicted octanol–water partition coefficient (Wildman–Crippen LogP) is 2.39. The maximum Gasteiger partial charge on any atom is 0.305 e. The van der Waals surface area contributed by atoms with Gasteiger partial charge in [-0.1, -0.05) is 26.7 Å². The second kappa shape index (κ2) is 4.97. The Morgan fingerprint density at radius 2 is 2.13 bits per heavy atom. The molecule has 0 amide bonds. The largest absolute Gasteiger partial charge is 0.481 e. The molecule has 15 heavy (non-hydrogen) atoms. The molecule has 0 spiro atoms. The summed E-state index contributed by atoms with van der Waals surface area (Å²) in [6.45, 7) is 4.48. The zero-order chi connectivity index (χ0) is 11.5. The first kappa shape index (κ1) is 12.5.